The lowest BCUT2D eigenvalue weighted by atomic mass is 10.4. The fraction of sp³-hybridized carbons (Fsp3) is 1.00. The van der Waals surface area contributed by atoms with Crippen molar-refractivity contribution in [2.75, 3.05) is 6.61 Å². The van der Waals surface area contributed by atoms with Gasteiger partial charge in [0.05, 0.1) is 0 Å². The van der Waals surface area contributed by atoms with Crippen LogP contribution in [0.15, 0.2) is 0 Å². The third-order valence-electron chi connectivity index (χ3n) is 1.73. The third-order valence-corrected chi connectivity index (χ3v) is 2.58. The summed E-state index contributed by atoms with van der Waals surface area (Å²) >= 11 is 0. The van der Waals surface area contributed by atoms with Crippen molar-refractivity contribution >= 4 is 10.2 Å². The predicted octanol–water partition coefficient (Wildman–Crippen LogP) is 1.78. The molecule has 0 aliphatic carbocycles. The number of halogens is 8. The Labute approximate surface area is 93.7 Å². The average molecular weight is 310 g/mol. The van der Waals surface area contributed by atoms with Crippen molar-refractivity contribution < 1.29 is 52.5 Å². The Morgan fingerprint density at radius 3 is 1.78 bits per heavy atom. The second kappa shape index (κ2) is 3.66. The smallest absolute Gasteiger partial charge is 0.331 e. The predicted molar refractivity (Wildman–Crippen MR) is 35.7 cm³/mol. The van der Waals surface area contributed by atoms with Gasteiger partial charge in [-0.25, -0.2) is 4.74 Å². The molecule has 0 aromatic heterocycles. The molecule has 0 radical (unpaired) electrons. The number of hydrogen-bond donors (Lipinski definition) is 0. The van der Waals surface area contributed by atoms with Gasteiger partial charge in [-0.3, -0.25) is 0 Å². The monoisotopic (exact) mass is 310 g/mol. The molecule has 1 atom stereocenters. The van der Waals surface area contributed by atoms with E-state index in [4.69, 9.17) is 0 Å². The van der Waals surface area contributed by atoms with Crippen molar-refractivity contribution in [2.24, 2.45) is 0 Å². The van der Waals surface area contributed by atoms with Gasteiger partial charge in [0.15, 0.2) is 0 Å². The maximum atomic E-state index is 12.6. The summed E-state index contributed by atoms with van der Waals surface area (Å²) in [5.41, 5.74) is 0. The summed E-state index contributed by atoms with van der Waals surface area (Å²) in [5, 5.41) is -6.62. The summed E-state index contributed by atoms with van der Waals surface area (Å²) in [5.74, 6) is -4.09. The van der Waals surface area contributed by atoms with Crippen molar-refractivity contribution in [2.45, 2.75) is 23.3 Å². The van der Waals surface area contributed by atoms with Crippen molar-refractivity contribution in [1.82, 2.24) is 0 Å². The molecule has 1 fully saturated rings. The number of epoxide rings is 1. The molecule has 4 nitrogen and oxygen atoms in total. The van der Waals surface area contributed by atoms with E-state index in [9.17, 15) is 43.0 Å². The Bertz CT molecular complexity index is 440. The number of hydrogen-bond acceptors (Lipinski definition) is 4. The summed E-state index contributed by atoms with van der Waals surface area (Å²) in [6, 6.07) is 0. The van der Waals surface area contributed by atoms with Gasteiger partial charge in [-0.1, -0.05) is 3.89 Å². The first kappa shape index (κ1) is 15.4. The first-order valence-electron chi connectivity index (χ1n) is 3.77. The molecule has 0 N–H and O–H groups in total. The third kappa shape index (κ3) is 2.25. The highest BCUT2D eigenvalue weighted by atomic mass is 32.3. The SMILES string of the molecule is O=S(=O)(F)C(F)(F)C(F)(F)OC(F)(F)C1(F)CO1. The normalized spacial score (nSPS) is 26.2. The highest BCUT2D eigenvalue weighted by Gasteiger charge is 2.77. The first-order valence-corrected chi connectivity index (χ1v) is 5.15. The molecule has 1 aliphatic rings. The summed E-state index contributed by atoms with van der Waals surface area (Å²) in [6.07, 6.45) is -12.1. The lowest BCUT2D eigenvalue weighted by Gasteiger charge is -2.27. The van der Waals surface area contributed by atoms with Gasteiger partial charge in [-0.05, 0) is 0 Å². The van der Waals surface area contributed by atoms with Crippen LogP contribution in [-0.2, 0) is 19.7 Å². The van der Waals surface area contributed by atoms with Crippen LogP contribution >= 0.6 is 0 Å². The van der Waals surface area contributed by atoms with Crippen LogP contribution in [0.3, 0.4) is 0 Å². The number of ether oxygens (including phenoxy) is 2. The molecule has 1 unspecified atom stereocenters. The van der Waals surface area contributed by atoms with E-state index < -0.39 is 40.2 Å². The van der Waals surface area contributed by atoms with Gasteiger partial charge in [0.1, 0.15) is 6.61 Å². The minimum atomic E-state index is -7.26. The van der Waals surface area contributed by atoms with Crippen LogP contribution in [-0.4, -0.2) is 38.4 Å². The molecule has 1 saturated heterocycles. The summed E-state index contributed by atoms with van der Waals surface area (Å²) < 4.78 is 124. The Balaban J connectivity index is 3.02. The standard InChI is InChI=1S/C5H2F8O4S/c6-2(1-16-2)3(7,8)17-4(9,10)5(11,12)18(13,14)15/h1H2. The Kier molecular flexibility index (Phi) is 3.13. The van der Waals surface area contributed by atoms with Crippen LogP contribution in [0.4, 0.5) is 34.6 Å². The van der Waals surface area contributed by atoms with E-state index in [0.29, 0.717) is 0 Å². The molecule has 0 amide bonds. The van der Waals surface area contributed by atoms with Crippen molar-refractivity contribution in [3.05, 3.63) is 0 Å². The van der Waals surface area contributed by atoms with Gasteiger partial charge in [0.25, 0.3) is 0 Å². The zero-order valence-electron chi connectivity index (χ0n) is 7.77. The van der Waals surface area contributed by atoms with Gasteiger partial charge in [0.2, 0.25) is 0 Å². The fourth-order valence-corrected chi connectivity index (χ4v) is 0.995. The molecule has 13 heteroatoms. The Hall–Kier alpha value is -0.690. The van der Waals surface area contributed by atoms with Crippen molar-refractivity contribution in [1.29, 1.82) is 0 Å². The van der Waals surface area contributed by atoms with Crippen molar-refractivity contribution in [3.63, 3.8) is 0 Å². The van der Waals surface area contributed by atoms with Crippen LogP contribution in [0, 0.1) is 0 Å². The fourth-order valence-electron chi connectivity index (χ4n) is 0.670. The minimum Gasteiger partial charge on any atom is -0.331 e. The van der Waals surface area contributed by atoms with Crippen LogP contribution in [0.25, 0.3) is 0 Å². The van der Waals surface area contributed by atoms with Gasteiger partial charge in [-0.2, -0.15) is 39.2 Å². The van der Waals surface area contributed by atoms with E-state index in [0.717, 1.165) is 0 Å². The van der Waals surface area contributed by atoms with E-state index in [1.165, 1.54) is 0 Å². The molecule has 0 saturated carbocycles. The van der Waals surface area contributed by atoms with E-state index in [-0.39, 0.29) is 0 Å². The molecule has 108 valence electrons. The van der Waals surface area contributed by atoms with Crippen LogP contribution in [0.1, 0.15) is 0 Å². The number of rotatable bonds is 5. The average Bonchev–Trinajstić information content (AvgIpc) is 2.80. The maximum absolute atomic E-state index is 12.6. The van der Waals surface area contributed by atoms with Crippen LogP contribution in [0.5, 0.6) is 0 Å². The zero-order valence-corrected chi connectivity index (χ0v) is 8.59. The van der Waals surface area contributed by atoms with E-state index >= 15 is 0 Å². The molecule has 1 aliphatic heterocycles. The van der Waals surface area contributed by atoms with Crippen LogP contribution in [0.2, 0.25) is 0 Å². The zero-order chi connectivity index (χ0) is 14.6. The van der Waals surface area contributed by atoms with Gasteiger partial charge in [-0.15, -0.1) is 0 Å². The molecular weight excluding hydrogens is 308 g/mol. The largest absolute Gasteiger partial charge is 0.464 e. The van der Waals surface area contributed by atoms with Gasteiger partial charge in [0, 0.05) is 0 Å². The quantitative estimate of drug-likeness (QED) is 0.441. The van der Waals surface area contributed by atoms with E-state index in [2.05, 4.69) is 9.47 Å². The van der Waals surface area contributed by atoms with E-state index in [1.807, 2.05) is 0 Å². The molecule has 18 heavy (non-hydrogen) atoms. The molecule has 0 spiro atoms. The minimum absolute atomic E-state index is 1.44. The van der Waals surface area contributed by atoms with Crippen molar-refractivity contribution in [3.8, 4) is 0 Å². The highest BCUT2D eigenvalue weighted by molar-refractivity contribution is 7.87. The van der Waals surface area contributed by atoms with E-state index in [1.54, 1.807) is 0 Å². The van der Waals surface area contributed by atoms with Gasteiger partial charge < -0.3 is 4.74 Å². The maximum Gasteiger partial charge on any atom is 0.464 e. The summed E-state index contributed by atoms with van der Waals surface area (Å²) in [6.45, 7) is -1.44. The molecule has 0 aromatic carbocycles. The molecule has 0 bridgehead atoms. The number of alkyl halides is 7. The lowest BCUT2D eigenvalue weighted by molar-refractivity contribution is -0.438. The molecule has 1 heterocycles. The topological polar surface area (TPSA) is 55.9 Å². The first-order chi connectivity index (χ1) is 7.66. The van der Waals surface area contributed by atoms with Crippen LogP contribution < -0.4 is 0 Å². The second-order valence-electron chi connectivity index (χ2n) is 3.11. The summed E-state index contributed by atoms with van der Waals surface area (Å²) in [7, 11) is -7.26. The molecule has 0 aromatic rings. The molecule has 1 rings (SSSR count). The highest BCUT2D eigenvalue weighted by Crippen LogP contribution is 2.50. The Morgan fingerprint density at radius 1 is 1.11 bits per heavy atom. The molecular formula is C5H2F8O4S. The van der Waals surface area contributed by atoms with Gasteiger partial charge >= 0.3 is 33.5 Å². The second-order valence-corrected chi connectivity index (χ2v) is 4.50. The lowest BCUT2D eigenvalue weighted by Crippen LogP contribution is -2.53. The Morgan fingerprint density at radius 2 is 1.50 bits per heavy atom. The summed E-state index contributed by atoms with van der Waals surface area (Å²) in [4.78, 5) is 0.